The van der Waals surface area contributed by atoms with Gasteiger partial charge < -0.3 is 5.11 Å². The summed E-state index contributed by atoms with van der Waals surface area (Å²) in [6.07, 6.45) is 0. The third kappa shape index (κ3) is 32.9. The summed E-state index contributed by atoms with van der Waals surface area (Å²) in [5.41, 5.74) is -1.42. The zero-order valence-corrected chi connectivity index (χ0v) is 6.22. The second-order valence-electron chi connectivity index (χ2n) is 1.07. The van der Waals surface area contributed by atoms with Gasteiger partial charge in [0, 0.05) is 7.98 Å². The van der Waals surface area contributed by atoms with Crippen LogP contribution < -0.4 is 0 Å². The summed E-state index contributed by atoms with van der Waals surface area (Å²) in [6.45, 7) is 3.01. The Balaban J connectivity index is 0. The zero-order chi connectivity index (χ0) is 8.78. The minimum Gasteiger partial charge on any atom is -0.397 e. The topological polar surface area (TPSA) is 74.6 Å². The molecule has 0 saturated heterocycles. The van der Waals surface area contributed by atoms with Gasteiger partial charge in [-0.25, -0.2) is 0 Å². The average molecular weight is 157 g/mol. The quantitative estimate of drug-likeness (QED) is 0.521. The van der Waals surface area contributed by atoms with Gasteiger partial charge in [-0.1, -0.05) is 0 Å². The highest BCUT2D eigenvalue weighted by molar-refractivity contribution is 7.85. The minimum absolute atomic E-state index is 0.250. The molecule has 0 aromatic heterocycles. The Morgan fingerprint density at radius 2 is 1.67 bits per heavy atom. The fourth-order valence-corrected chi connectivity index (χ4v) is 0. The van der Waals surface area contributed by atoms with E-state index in [1.807, 2.05) is 0 Å². The number of aliphatic hydroxyl groups excluding tert-OH is 1. The Labute approximate surface area is 56.7 Å². The van der Waals surface area contributed by atoms with Crippen molar-refractivity contribution in [2.75, 3.05) is 12.3 Å². The van der Waals surface area contributed by atoms with Crippen molar-refractivity contribution >= 4 is 10.1 Å². The molecule has 0 radical (unpaired) electrons. The molecule has 0 aliphatic heterocycles. The van der Waals surface area contributed by atoms with Crippen LogP contribution in [0.2, 0.25) is 0 Å². The standard InChI is InChI=1S/C2H6O3S.C2H6O/c1-2-6(3,4)5;1-2-3/h2H2,1H3,(H,3,4,5);3H,2H2,1H3/i2D;. The second-order valence-corrected chi connectivity index (χ2v) is 2.57. The van der Waals surface area contributed by atoms with Crippen molar-refractivity contribution in [1.29, 1.82) is 0 Å². The molecule has 58 valence electrons. The molecule has 0 rings (SSSR count). The van der Waals surface area contributed by atoms with Crippen LogP contribution in [0.25, 0.3) is 0 Å². The molecule has 0 aliphatic rings. The molecule has 5 heteroatoms. The Kier molecular flexibility index (Phi) is 5.91. The Hall–Kier alpha value is -0.130. The van der Waals surface area contributed by atoms with E-state index in [4.69, 9.17) is 11.0 Å². The first-order valence-corrected chi connectivity index (χ1v) is 3.86. The molecular formula is C4H12O4S. The highest BCUT2D eigenvalue weighted by Gasteiger charge is 1.93. The molecule has 0 heterocycles. The highest BCUT2D eigenvalue weighted by atomic mass is 32.2. The summed E-state index contributed by atoms with van der Waals surface area (Å²) in [5.74, 6) is 0. The lowest BCUT2D eigenvalue weighted by Gasteiger charge is -1.79. The Morgan fingerprint density at radius 1 is 1.56 bits per heavy atom. The predicted molar refractivity (Wildman–Crippen MR) is 34.8 cm³/mol. The SMILES string of the molecule is CCO.[2H]C(C)S(=O)(=O)O. The van der Waals surface area contributed by atoms with Crippen molar-refractivity contribution in [2.45, 2.75) is 13.8 Å². The van der Waals surface area contributed by atoms with E-state index in [9.17, 15) is 8.42 Å². The summed E-state index contributed by atoms with van der Waals surface area (Å²) < 4.78 is 33.7. The fourth-order valence-electron chi connectivity index (χ4n) is 0. The molecule has 4 nitrogen and oxygen atoms in total. The van der Waals surface area contributed by atoms with E-state index in [0.29, 0.717) is 0 Å². The molecule has 0 saturated carbocycles. The Morgan fingerprint density at radius 3 is 1.67 bits per heavy atom. The van der Waals surface area contributed by atoms with Crippen molar-refractivity contribution in [1.82, 2.24) is 0 Å². The van der Waals surface area contributed by atoms with Crippen molar-refractivity contribution in [3.63, 3.8) is 0 Å². The molecule has 2 N–H and O–H groups in total. The molecule has 0 aromatic carbocycles. The monoisotopic (exact) mass is 157 g/mol. The van der Waals surface area contributed by atoms with E-state index in [2.05, 4.69) is 0 Å². The number of aliphatic hydroxyl groups is 1. The molecule has 0 aliphatic carbocycles. The first kappa shape index (κ1) is 8.87. The maximum Gasteiger partial charge on any atom is 0.264 e. The van der Waals surface area contributed by atoms with Gasteiger partial charge in [0.05, 0.1) is 5.73 Å². The number of rotatable bonds is 1. The lowest BCUT2D eigenvalue weighted by Crippen LogP contribution is -1.97. The van der Waals surface area contributed by atoms with Gasteiger partial charge in [0.15, 0.2) is 0 Å². The van der Waals surface area contributed by atoms with Crippen LogP contribution in [0.1, 0.15) is 15.2 Å². The normalized spacial score (nSPS) is 14.9. The van der Waals surface area contributed by atoms with E-state index in [-0.39, 0.29) is 6.61 Å². The summed E-state index contributed by atoms with van der Waals surface area (Å²) >= 11 is 0. The van der Waals surface area contributed by atoms with Crippen LogP contribution in [0.3, 0.4) is 0 Å². The third-order valence-corrected chi connectivity index (χ3v) is 0.894. The average Bonchev–Trinajstić information content (AvgIpc) is 1.64. The molecule has 1 unspecified atom stereocenters. The molecule has 0 spiro atoms. The van der Waals surface area contributed by atoms with Crippen molar-refractivity contribution < 1.29 is 19.4 Å². The maximum atomic E-state index is 9.70. The van der Waals surface area contributed by atoms with Crippen molar-refractivity contribution in [3.8, 4) is 0 Å². The van der Waals surface area contributed by atoms with Gasteiger partial charge in [0.1, 0.15) is 0 Å². The smallest absolute Gasteiger partial charge is 0.264 e. The van der Waals surface area contributed by atoms with Gasteiger partial charge in [0.2, 0.25) is 0 Å². The molecular weight excluding hydrogens is 144 g/mol. The maximum absolute atomic E-state index is 9.70. The number of hydrogen-bond acceptors (Lipinski definition) is 3. The third-order valence-electron chi connectivity index (χ3n) is 0.298. The molecule has 0 fully saturated rings. The summed E-state index contributed by atoms with van der Waals surface area (Å²) in [7, 11) is -4.07. The largest absolute Gasteiger partial charge is 0.397 e. The second kappa shape index (κ2) is 6.00. The summed E-state index contributed by atoms with van der Waals surface area (Å²) in [4.78, 5) is 0. The van der Waals surface area contributed by atoms with E-state index in [1.165, 1.54) is 0 Å². The van der Waals surface area contributed by atoms with Crippen LogP contribution in [-0.4, -0.2) is 30.4 Å². The van der Waals surface area contributed by atoms with E-state index < -0.39 is 15.8 Å². The van der Waals surface area contributed by atoms with Crippen molar-refractivity contribution in [2.24, 2.45) is 0 Å². The van der Waals surface area contributed by atoms with E-state index in [1.54, 1.807) is 6.92 Å². The minimum atomic E-state index is -4.07. The predicted octanol–water partition coefficient (Wildman–Crippen LogP) is -0.107. The number of hydrogen-bond donors (Lipinski definition) is 2. The lowest BCUT2D eigenvalue weighted by molar-refractivity contribution is 0.318. The molecule has 1 atom stereocenters. The summed E-state index contributed by atoms with van der Waals surface area (Å²) in [6, 6.07) is 0. The van der Waals surface area contributed by atoms with Gasteiger partial charge in [-0.3, -0.25) is 4.55 Å². The fraction of sp³-hybridized carbons (Fsp3) is 1.00. The van der Waals surface area contributed by atoms with Gasteiger partial charge in [-0.15, -0.1) is 0 Å². The van der Waals surface area contributed by atoms with E-state index in [0.717, 1.165) is 6.92 Å². The van der Waals surface area contributed by atoms with Crippen LogP contribution in [0.15, 0.2) is 0 Å². The van der Waals surface area contributed by atoms with Gasteiger partial charge in [-0.2, -0.15) is 8.42 Å². The van der Waals surface area contributed by atoms with Gasteiger partial charge in [0.25, 0.3) is 10.1 Å². The van der Waals surface area contributed by atoms with E-state index >= 15 is 0 Å². The molecule has 9 heavy (non-hydrogen) atoms. The molecule has 0 bridgehead atoms. The summed E-state index contributed by atoms with van der Waals surface area (Å²) in [5, 5.41) is 7.57. The van der Waals surface area contributed by atoms with Gasteiger partial charge in [-0.05, 0) is 13.8 Å². The van der Waals surface area contributed by atoms with Crippen molar-refractivity contribution in [3.05, 3.63) is 0 Å². The van der Waals surface area contributed by atoms with Crippen LogP contribution in [0.4, 0.5) is 0 Å². The van der Waals surface area contributed by atoms with Gasteiger partial charge >= 0.3 is 0 Å². The van der Waals surface area contributed by atoms with Crippen LogP contribution in [-0.2, 0) is 10.1 Å². The first-order valence-electron chi connectivity index (χ1n) is 2.93. The highest BCUT2D eigenvalue weighted by Crippen LogP contribution is 1.74. The Bertz CT molecular complexity index is 151. The molecule has 0 aromatic rings. The van der Waals surface area contributed by atoms with Crippen LogP contribution in [0.5, 0.6) is 0 Å². The first-order chi connectivity index (χ1) is 4.36. The van der Waals surface area contributed by atoms with Crippen LogP contribution >= 0.6 is 0 Å². The zero-order valence-electron chi connectivity index (χ0n) is 6.40. The van der Waals surface area contributed by atoms with Crippen LogP contribution in [0, 0.1) is 0 Å². The lowest BCUT2D eigenvalue weighted by atomic mass is 10.9. The molecule has 0 amide bonds.